The second-order valence-corrected chi connectivity index (χ2v) is 14.3. The molecule has 11 rings (SSSR count). The molecule has 0 fully saturated rings. The molecule has 8 aromatic carbocycles. The predicted octanol–water partition coefficient (Wildman–Crippen LogP) is 13.0. The maximum absolute atomic E-state index is 5.41. The molecule has 2 aromatic heterocycles. The van der Waals surface area contributed by atoms with E-state index in [0.717, 1.165) is 50.0 Å². The van der Waals surface area contributed by atoms with E-state index in [0.29, 0.717) is 17.6 Å². The molecular formula is C47H28N4S. The van der Waals surface area contributed by atoms with Crippen molar-refractivity contribution in [3.05, 3.63) is 170 Å². The second-order valence-electron chi connectivity index (χ2n) is 13.2. The van der Waals surface area contributed by atoms with Crippen molar-refractivity contribution in [2.24, 2.45) is 0 Å². The van der Waals surface area contributed by atoms with E-state index in [-0.39, 0.29) is 0 Å². The predicted molar refractivity (Wildman–Crippen MR) is 218 cm³/mol. The van der Waals surface area contributed by atoms with Crippen LogP contribution in [-0.2, 0) is 0 Å². The van der Waals surface area contributed by atoms with Crippen LogP contribution in [0.3, 0.4) is 0 Å². The van der Waals surface area contributed by atoms with Crippen molar-refractivity contribution < 1.29 is 0 Å². The maximum atomic E-state index is 5.41. The first-order valence-corrected chi connectivity index (χ1v) is 18.3. The first kappa shape index (κ1) is 29.1. The Bertz CT molecular complexity index is 3030. The number of hydrogen-bond acceptors (Lipinski definition) is 5. The molecule has 0 aliphatic carbocycles. The molecular weight excluding hydrogens is 653 g/mol. The number of fused-ring (bicyclic) bond motifs is 7. The summed E-state index contributed by atoms with van der Waals surface area (Å²) in [7, 11) is 0. The fourth-order valence-electron chi connectivity index (χ4n) is 7.90. The van der Waals surface area contributed by atoms with Gasteiger partial charge in [-0.2, -0.15) is 9.97 Å². The van der Waals surface area contributed by atoms with Crippen molar-refractivity contribution >= 4 is 70.4 Å². The van der Waals surface area contributed by atoms with Gasteiger partial charge in [0.05, 0.1) is 11.4 Å². The molecule has 0 N–H and O–H groups in total. The quantitative estimate of drug-likeness (QED) is 0.186. The van der Waals surface area contributed by atoms with Crippen molar-refractivity contribution in [2.45, 2.75) is 0 Å². The van der Waals surface area contributed by atoms with E-state index in [1.165, 1.54) is 36.5 Å². The number of thiophene rings is 1. The topological polar surface area (TPSA) is 41.9 Å². The van der Waals surface area contributed by atoms with E-state index in [4.69, 9.17) is 15.0 Å². The van der Waals surface area contributed by atoms with Crippen LogP contribution in [0.5, 0.6) is 0 Å². The van der Waals surface area contributed by atoms with E-state index >= 15 is 0 Å². The minimum Gasteiger partial charge on any atom is -0.277 e. The molecule has 242 valence electrons. The lowest BCUT2D eigenvalue weighted by molar-refractivity contribution is 1.03. The normalized spacial score (nSPS) is 12.2. The van der Waals surface area contributed by atoms with E-state index in [1.54, 1.807) is 11.3 Å². The Morgan fingerprint density at radius 2 is 1.10 bits per heavy atom. The van der Waals surface area contributed by atoms with E-state index in [2.05, 4.69) is 169 Å². The third kappa shape index (κ3) is 4.43. The van der Waals surface area contributed by atoms with E-state index in [9.17, 15) is 0 Å². The highest BCUT2D eigenvalue weighted by Gasteiger charge is 2.30. The Morgan fingerprint density at radius 3 is 2.00 bits per heavy atom. The highest BCUT2D eigenvalue weighted by Crippen LogP contribution is 2.53. The van der Waals surface area contributed by atoms with Crippen LogP contribution in [0.25, 0.3) is 86.7 Å². The number of aromatic nitrogens is 3. The lowest BCUT2D eigenvalue weighted by atomic mass is 9.89. The minimum absolute atomic E-state index is 0.582. The molecule has 10 aromatic rings. The highest BCUT2D eigenvalue weighted by molar-refractivity contribution is 7.25. The van der Waals surface area contributed by atoms with Crippen molar-refractivity contribution in [2.75, 3.05) is 4.90 Å². The maximum Gasteiger partial charge on any atom is 0.238 e. The Balaban J connectivity index is 1.22. The van der Waals surface area contributed by atoms with Gasteiger partial charge >= 0.3 is 0 Å². The lowest BCUT2D eigenvalue weighted by Gasteiger charge is -2.33. The third-order valence-electron chi connectivity index (χ3n) is 10.3. The van der Waals surface area contributed by atoms with Crippen molar-refractivity contribution in [3.8, 4) is 45.0 Å². The van der Waals surface area contributed by atoms with Crippen molar-refractivity contribution in [3.63, 3.8) is 0 Å². The summed E-state index contributed by atoms with van der Waals surface area (Å²) < 4.78 is 2.48. The van der Waals surface area contributed by atoms with Gasteiger partial charge in [0, 0.05) is 47.6 Å². The minimum atomic E-state index is 0.582. The van der Waals surface area contributed by atoms with E-state index in [1.807, 2.05) is 6.07 Å². The molecule has 4 nitrogen and oxygen atoms in total. The third-order valence-corrected chi connectivity index (χ3v) is 11.4. The van der Waals surface area contributed by atoms with Crippen molar-refractivity contribution in [1.82, 2.24) is 15.0 Å². The lowest BCUT2D eigenvalue weighted by Crippen LogP contribution is -2.19. The fourth-order valence-corrected chi connectivity index (χ4v) is 9.05. The summed E-state index contributed by atoms with van der Waals surface area (Å²) in [4.78, 5) is 18.3. The largest absolute Gasteiger partial charge is 0.277 e. The van der Waals surface area contributed by atoms with Crippen LogP contribution in [0.4, 0.5) is 17.3 Å². The van der Waals surface area contributed by atoms with Gasteiger partial charge in [-0.15, -0.1) is 11.3 Å². The van der Waals surface area contributed by atoms with Crippen LogP contribution < -0.4 is 4.90 Å². The molecule has 3 heterocycles. The smallest absolute Gasteiger partial charge is 0.238 e. The molecule has 1 aliphatic rings. The van der Waals surface area contributed by atoms with Gasteiger partial charge < -0.3 is 0 Å². The fraction of sp³-hybridized carbons (Fsp3) is 0. The van der Waals surface area contributed by atoms with Gasteiger partial charge in [-0.1, -0.05) is 152 Å². The van der Waals surface area contributed by atoms with Gasteiger partial charge in [-0.05, 0) is 45.7 Å². The summed E-state index contributed by atoms with van der Waals surface area (Å²) in [6.45, 7) is 0. The molecule has 0 atom stereocenters. The molecule has 0 radical (unpaired) electrons. The SMILES string of the molecule is c1ccc(-c2ccccc2-c2nc(-c3ccc4c(c3)sc3ccccc34)nc(N3c4c(ccc5ccccc45)-c4cccc5cccc3c45)n2)cc1. The molecule has 0 saturated carbocycles. The molecule has 0 spiro atoms. The van der Waals surface area contributed by atoms with Crippen LogP contribution in [0.1, 0.15) is 0 Å². The first-order chi connectivity index (χ1) is 25.8. The molecule has 1 aliphatic heterocycles. The summed E-state index contributed by atoms with van der Waals surface area (Å²) in [5.41, 5.74) is 8.59. The van der Waals surface area contributed by atoms with Crippen molar-refractivity contribution in [1.29, 1.82) is 0 Å². The Morgan fingerprint density at radius 1 is 0.404 bits per heavy atom. The standard InChI is InChI=1S/C47H28N4S/c1-2-12-29(13-3-1)33-17-6-7-20-39(33)46-48-45(32-25-26-36-35-19-8-9-23-41(35)52-42(36)28-32)49-47(50-46)51-40-22-11-16-31-15-10-21-37(43(31)40)38-27-24-30-14-4-5-18-34(30)44(38)51/h1-28H. The average molecular weight is 681 g/mol. The molecule has 0 saturated heterocycles. The van der Waals surface area contributed by atoms with Crippen LogP contribution in [0.2, 0.25) is 0 Å². The zero-order valence-electron chi connectivity index (χ0n) is 27.9. The van der Waals surface area contributed by atoms with Gasteiger partial charge in [-0.3, -0.25) is 4.90 Å². The molecule has 0 bridgehead atoms. The zero-order chi connectivity index (χ0) is 34.2. The Hall–Kier alpha value is -6.69. The average Bonchev–Trinajstić information content (AvgIpc) is 3.59. The summed E-state index contributed by atoms with van der Waals surface area (Å²) in [5, 5.41) is 7.19. The van der Waals surface area contributed by atoms with Crippen LogP contribution >= 0.6 is 11.3 Å². The second kappa shape index (κ2) is 11.4. The van der Waals surface area contributed by atoms with Gasteiger partial charge in [0.25, 0.3) is 0 Å². The van der Waals surface area contributed by atoms with Gasteiger partial charge in [0.2, 0.25) is 5.95 Å². The molecule has 0 amide bonds. The Labute approximate surface area is 303 Å². The Kier molecular flexibility index (Phi) is 6.39. The number of rotatable bonds is 4. The van der Waals surface area contributed by atoms with Gasteiger partial charge in [0.15, 0.2) is 11.6 Å². The van der Waals surface area contributed by atoms with E-state index < -0.39 is 0 Å². The van der Waals surface area contributed by atoms with Crippen LogP contribution in [-0.4, -0.2) is 15.0 Å². The van der Waals surface area contributed by atoms with Crippen LogP contribution in [0.15, 0.2) is 170 Å². The zero-order valence-corrected chi connectivity index (χ0v) is 28.7. The summed E-state index contributed by atoms with van der Waals surface area (Å²) in [5.74, 6) is 1.85. The van der Waals surface area contributed by atoms with Gasteiger partial charge in [-0.25, -0.2) is 4.98 Å². The number of hydrogen-bond donors (Lipinski definition) is 0. The van der Waals surface area contributed by atoms with Gasteiger partial charge in [0.1, 0.15) is 0 Å². The summed E-state index contributed by atoms with van der Waals surface area (Å²) in [6.07, 6.45) is 0. The summed E-state index contributed by atoms with van der Waals surface area (Å²) >= 11 is 1.80. The number of nitrogens with zero attached hydrogens (tertiary/aromatic N) is 4. The molecule has 52 heavy (non-hydrogen) atoms. The first-order valence-electron chi connectivity index (χ1n) is 17.5. The summed E-state index contributed by atoms with van der Waals surface area (Å²) in [6, 6.07) is 60.3. The van der Waals surface area contributed by atoms with Crippen LogP contribution in [0, 0.1) is 0 Å². The molecule has 0 unspecified atom stereocenters. The molecule has 5 heteroatoms. The highest BCUT2D eigenvalue weighted by atomic mass is 32.1. The number of benzene rings is 8. The number of anilines is 3. The monoisotopic (exact) mass is 680 g/mol.